The number of nitrogens with one attached hydrogen (secondary N) is 2. The molecule has 4 heterocycles. The summed E-state index contributed by atoms with van der Waals surface area (Å²) in [6.07, 6.45) is 1.88. The van der Waals surface area contributed by atoms with Gasteiger partial charge < -0.3 is 10.6 Å². The third-order valence-electron chi connectivity index (χ3n) is 6.33. The number of rotatable bonds is 5. The van der Waals surface area contributed by atoms with Crippen LogP contribution in [0.3, 0.4) is 0 Å². The molecule has 35 heavy (non-hydrogen) atoms. The first-order chi connectivity index (χ1) is 18.1. The van der Waals surface area contributed by atoms with Crippen LogP contribution in [0.5, 0.6) is 0 Å². The maximum atomic E-state index is 13.8. The first-order valence-corrected chi connectivity index (χ1v) is 11.5. The van der Waals surface area contributed by atoms with E-state index in [-0.39, 0.29) is 30.3 Å². The van der Waals surface area contributed by atoms with Crippen molar-refractivity contribution in [2.75, 3.05) is 18.4 Å². The Bertz CT molecular complexity index is 1700. The predicted molar refractivity (Wildman–Crippen MR) is 136 cm³/mol. The number of imidazole rings is 1. The highest BCUT2D eigenvalue weighted by atomic mass is 16.2. The molecule has 5 rings (SSSR count). The Morgan fingerprint density at radius 1 is 1.23 bits per heavy atom. The standard InChI is InChI=1S/C25H28N8O2/c1-4-5-13-32-21-22(30-24(32)28-17-9-8-12-26-14-17)31(3)25(35)33(23(21)34)15-20-27-16(2)18-10-6-7-11-19(18)29-20/h6-7,10-11,17,26H,8-9,12-15H2,1-3H3,(H,28,30)/t17-/m1/s1/i1D3. The number of aryl methyl sites for hydroxylation is 2. The fourth-order valence-corrected chi connectivity index (χ4v) is 4.56. The summed E-state index contributed by atoms with van der Waals surface area (Å²) in [7, 11) is 1.55. The van der Waals surface area contributed by atoms with E-state index in [2.05, 4.69) is 37.4 Å². The zero-order valence-electron chi connectivity index (χ0n) is 22.6. The molecule has 0 amide bonds. The second-order valence-electron chi connectivity index (χ2n) is 8.66. The zero-order chi connectivity index (χ0) is 27.0. The van der Waals surface area contributed by atoms with Crippen LogP contribution < -0.4 is 21.9 Å². The molecule has 0 radical (unpaired) electrons. The number of hydrogen-bond acceptors (Lipinski definition) is 7. The molecule has 1 aliphatic rings. The van der Waals surface area contributed by atoms with E-state index in [9.17, 15) is 9.59 Å². The van der Waals surface area contributed by atoms with E-state index in [0.29, 0.717) is 18.3 Å². The van der Waals surface area contributed by atoms with E-state index in [1.54, 1.807) is 11.6 Å². The number of nitrogens with zero attached hydrogens (tertiary/aromatic N) is 6. The van der Waals surface area contributed by atoms with E-state index in [4.69, 9.17) is 4.11 Å². The maximum absolute atomic E-state index is 13.8. The molecule has 0 aliphatic carbocycles. The topological polar surface area (TPSA) is 112 Å². The number of para-hydroxylation sites is 1. The number of aromatic nitrogens is 6. The summed E-state index contributed by atoms with van der Waals surface area (Å²) in [6.45, 7) is 0.842. The highest BCUT2D eigenvalue weighted by Crippen LogP contribution is 2.19. The van der Waals surface area contributed by atoms with Crippen molar-refractivity contribution in [1.82, 2.24) is 34.0 Å². The minimum absolute atomic E-state index is 0.0584. The van der Waals surface area contributed by atoms with Crippen LogP contribution in [0.15, 0.2) is 33.9 Å². The smallest absolute Gasteiger partial charge is 0.332 e. The Labute approximate surface area is 206 Å². The molecule has 1 saturated heterocycles. The van der Waals surface area contributed by atoms with Gasteiger partial charge in [-0.3, -0.25) is 18.5 Å². The quantitative estimate of drug-likeness (QED) is 0.420. The van der Waals surface area contributed by atoms with Gasteiger partial charge in [0.05, 0.1) is 18.6 Å². The number of anilines is 1. The molecular weight excluding hydrogens is 444 g/mol. The van der Waals surface area contributed by atoms with Gasteiger partial charge in [0.1, 0.15) is 5.82 Å². The molecule has 1 fully saturated rings. The fourth-order valence-electron chi connectivity index (χ4n) is 4.56. The van der Waals surface area contributed by atoms with E-state index in [1.807, 2.05) is 31.2 Å². The third-order valence-corrected chi connectivity index (χ3v) is 6.33. The van der Waals surface area contributed by atoms with Crippen LogP contribution in [0.1, 0.15) is 35.3 Å². The Morgan fingerprint density at radius 2 is 2.09 bits per heavy atom. The van der Waals surface area contributed by atoms with Crippen LogP contribution in [-0.2, 0) is 20.1 Å². The van der Waals surface area contributed by atoms with Gasteiger partial charge in [0.25, 0.3) is 5.56 Å². The molecule has 4 aromatic rings. The van der Waals surface area contributed by atoms with Gasteiger partial charge in [-0.1, -0.05) is 24.1 Å². The number of fused-ring (bicyclic) bond motifs is 2. The van der Waals surface area contributed by atoms with Gasteiger partial charge in [-0.05, 0) is 39.2 Å². The van der Waals surface area contributed by atoms with Crippen LogP contribution in [-0.4, -0.2) is 47.8 Å². The molecule has 10 nitrogen and oxygen atoms in total. The lowest BCUT2D eigenvalue weighted by Gasteiger charge is -2.24. The molecule has 1 aromatic carbocycles. The van der Waals surface area contributed by atoms with E-state index in [0.717, 1.165) is 40.6 Å². The van der Waals surface area contributed by atoms with Crippen LogP contribution >= 0.6 is 0 Å². The van der Waals surface area contributed by atoms with Crippen molar-refractivity contribution >= 4 is 28.0 Å². The first-order valence-electron chi connectivity index (χ1n) is 13.0. The monoisotopic (exact) mass is 475 g/mol. The lowest BCUT2D eigenvalue weighted by atomic mass is 10.1. The Hall–Kier alpha value is -3.97. The summed E-state index contributed by atoms with van der Waals surface area (Å²) >= 11 is 0. The van der Waals surface area contributed by atoms with Gasteiger partial charge in [0, 0.05) is 34.8 Å². The molecule has 3 aromatic heterocycles. The van der Waals surface area contributed by atoms with Crippen molar-refractivity contribution < 1.29 is 4.11 Å². The summed E-state index contributed by atoms with van der Waals surface area (Å²) in [5, 5.41) is 7.56. The highest BCUT2D eigenvalue weighted by molar-refractivity contribution is 5.80. The average Bonchev–Trinajstić information content (AvgIpc) is 3.23. The molecule has 0 unspecified atom stereocenters. The third kappa shape index (κ3) is 4.19. The first kappa shape index (κ1) is 19.3. The lowest BCUT2D eigenvalue weighted by Crippen LogP contribution is -2.40. The molecule has 0 bridgehead atoms. The molecule has 1 aliphatic heterocycles. The number of benzene rings is 1. The fraction of sp³-hybridized carbons (Fsp3) is 0.400. The summed E-state index contributed by atoms with van der Waals surface area (Å²) in [5.41, 5.74) is 0.675. The Morgan fingerprint density at radius 3 is 2.89 bits per heavy atom. The average molecular weight is 476 g/mol. The van der Waals surface area contributed by atoms with Gasteiger partial charge in [0.2, 0.25) is 5.95 Å². The van der Waals surface area contributed by atoms with Crippen LogP contribution in [0.4, 0.5) is 5.95 Å². The van der Waals surface area contributed by atoms with Crippen molar-refractivity contribution in [1.29, 1.82) is 0 Å². The summed E-state index contributed by atoms with van der Waals surface area (Å²) in [6, 6.07) is 7.60. The van der Waals surface area contributed by atoms with Crippen LogP contribution in [0.25, 0.3) is 22.1 Å². The normalized spacial score (nSPS) is 17.4. The summed E-state index contributed by atoms with van der Waals surface area (Å²) < 4.78 is 26.2. The summed E-state index contributed by atoms with van der Waals surface area (Å²) in [4.78, 5) is 40.7. The summed E-state index contributed by atoms with van der Waals surface area (Å²) in [5.74, 6) is 5.58. The van der Waals surface area contributed by atoms with E-state index in [1.165, 1.54) is 4.57 Å². The minimum Gasteiger partial charge on any atom is -0.352 e. The van der Waals surface area contributed by atoms with E-state index < -0.39 is 18.1 Å². The second-order valence-corrected chi connectivity index (χ2v) is 8.66. The molecule has 0 spiro atoms. The number of hydrogen-bond donors (Lipinski definition) is 2. The molecule has 10 heteroatoms. The maximum Gasteiger partial charge on any atom is 0.332 e. The van der Waals surface area contributed by atoms with Crippen molar-refractivity contribution in [3.05, 3.63) is 56.6 Å². The minimum atomic E-state index is -2.43. The Kier molecular flexibility index (Phi) is 5.17. The second kappa shape index (κ2) is 9.35. The predicted octanol–water partition coefficient (Wildman–Crippen LogP) is 1.38. The van der Waals surface area contributed by atoms with Gasteiger partial charge in [0.15, 0.2) is 11.2 Å². The lowest BCUT2D eigenvalue weighted by molar-refractivity contribution is 0.477. The van der Waals surface area contributed by atoms with Gasteiger partial charge in [-0.15, -0.1) is 5.92 Å². The molecular formula is C25H28N8O2. The molecule has 0 saturated carbocycles. The SMILES string of the molecule is [2H]C([2H])([2H])C#CCn1c(N[C@@H]2CCCNC2)nc2c1c(=O)n(Cc1nc(C)c3ccccc3n1)c(=O)n2C. The van der Waals surface area contributed by atoms with Gasteiger partial charge in [-0.25, -0.2) is 14.8 Å². The van der Waals surface area contributed by atoms with Crippen molar-refractivity contribution in [2.24, 2.45) is 7.05 Å². The van der Waals surface area contributed by atoms with Crippen LogP contribution in [0, 0.1) is 18.8 Å². The van der Waals surface area contributed by atoms with Crippen LogP contribution in [0.2, 0.25) is 0 Å². The highest BCUT2D eigenvalue weighted by Gasteiger charge is 2.23. The van der Waals surface area contributed by atoms with Gasteiger partial charge in [-0.2, -0.15) is 4.98 Å². The van der Waals surface area contributed by atoms with E-state index >= 15 is 0 Å². The van der Waals surface area contributed by atoms with Crippen molar-refractivity contribution in [2.45, 2.75) is 45.7 Å². The molecule has 180 valence electrons. The molecule has 2 N–H and O–H groups in total. The van der Waals surface area contributed by atoms with Crippen molar-refractivity contribution in [3.63, 3.8) is 0 Å². The Balaban J connectivity index is 1.64. The largest absolute Gasteiger partial charge is 0.352 e. The zero-order valence-corrected chi connectivity index (χ0v) is 19.6. The van der Waals surface area contributed by atoms with Crippen molar-refractivity contribution in [3.8, 4) is 11.8 Å². The van der Waals surface area contributed by atoms with Gasteiger partial charge >= 0.3 is 5.69 Å². The molecule has 1 atom stereocenters. The number of piperidine rings is 1.